The molecule has 3 nitrogen and oxygen atoms in total. The minimum absolute atomic E-state index is 0.403. The van der Waals surface area contributed by atoms with E-state index in [0.29, 0.717) is 6.42 Å². The number of aryl methyl sites for hydroxylation is 1. The molecule has 0 aliphatic heterocycles. The molecule has 4 heteroatoms. The summed E-state index contributed by atoms with van der Waals surface area (Å²) in [6.07, 6.45) is 4.36. The number of hydrogen-bond acceptors (Lipinski definition) is 2. The van der Waals surface area contributed by atoms with Gasteiger partial charge in [0.25, 0.3) is 0 Å². The van der Waals surface area contributed by atoms with Gasteiger partial charge in [-0.15, -0.1) is 0 Å². The van der Waals surface area contributed by atoms with E-state index >= 15 is 0 Å². The van der Waals surface area contributed by atoms with Crippen LogP contribution in [0.1, 0.15) is 5.56 Å². The van der Waals surface area contributed by atoms with Crippen LogP contribution >= 0.6 is 0 Å². The minimum atomic E-state index is -0.482. The van der Waals surface area contributed by atoms with Gasteiger partial charge in [-0.05, 0) is 17.5 Å². The van der Waals surface area contributed by atoms with Gasteiger partial charge in [0, 0.05) is 24.8 Å². The highest BCUT2D eigenvalue weighted by Gasteiger charge is 2.04. The van der Waals surface area contributed by atoms with Gasteiger partial charge in [-0.2, -0.15) is 5.10 Å². The van der Waals surface area contributed by atoms with Crippen LogP contribution in [0.2, 0.25) is 0 Å². The normalized spacial score (nSPS) is 12.6. The van der Waals surface area contributed by atoms with Crippen molar-refractivity contribution in [3.05, 3.63) is 42.2 Å². The number of nitrogens with two attached hydrogens (primary N) is 1. The number of rotatable bonds is 4. The van der Waals surface area contributed by atoms with Crippen molar-refractivity contribution in [3.8, 4) is 11.1 Å². The van der Waals surface area contributed by atoms with E-state index in [2.05, 4.69) is 5.10 Å². The summed E-state index contributed by atoms with van der Waals surface area (Å²) >= 11 is 0. The van der Waals surface area contributed by atoms with Gasteiger partial charge in [0.2, 0.25) is 0 Å². The number of alkyl halides is 1. The summed E-state index contributed by atoms with van der Waals surface area (Å²) in [7, 11) is 1.89. The van der Waals surface area contributed by atoms with Gasteiger partial charge < -0.3 is 5.73 Å². The number of aromatic nitrogens is 2. The van der Waals surface area contributed by atoms with Gasteiger partial charge in [0.05, 0.1) is 6.20 Å². The average molecular weight is 233 g/mol. The molecule has 1 aromatic heterocycles. The van der Waals surface area contributed by atoms with Crippen LogP contribution in [-0.4, -0.2) is 22.5 Å². The molecular formula is C13H16FN3. The largest absolute Gasteiger partial charge is 0.325 e. The Kier molecular flexibility index (Phi) is 3.54. The molecule has 1 unspecified atom stereocenters. The van der Waals surface area contributed by atoms with E-state index in [1.54, 1.807) is 4.68 Å². The second kappa shape index (κ2) is 5.10. The van der Waals surface area contributed by atoms with Crippen LogP contribution in [0.4, 0.5) is 4.39 Å². The van der Waals surface area contributed by atoms with Crippen LogP contribution in [0, 0.1) is 0 Å². The Morgan fingerprint density at radius 2 is 2.00 bits per heavy atom. The van der Waals surface area contributed by atoms with Crippen molar-refractivity contribution in [2.45, 2.75) is 12.5 Å². The van der Waals surface area contributed by atoms with E-state index in [9.17, 15) is 4.39 Å². The summed E-state index contributed by atoms with van der Waals surface area (Å²) in [5.41, 5.74) is 8.81. The topological polar surface area (TPSA) is 43.8 Å². The summed E-state index contributed by atoms with van der Waals surface area (Å²) in [6.45, 7) is -0.482. The van der Waals surface area contributed by atoms with Crippen molar-refractivity contribution in [2.75, 3.05) is 6.67 Å². The third-order valence-corrected chi connectivity index (χ3v) is 2.69. The van der Waals surface area contributed by atoms with Gasteiger partial charge in [-0.3, -0.25) is 4.68 Å². The fraction of sp³-hybridized carbons (Fsp3) is 0.308. The lowest BCUT2D eigenvalue weighted by atomic mass is 10.0. The van der Waals surface area contributed by atoms with Crippen molar-refractivity contribution < 1.29 is 4.39 Å². The monoisotopic (exact) mass is 233 g/mol. The minimum Gasteiger partial charge on any atom is -0.325 e. The summed E-state index contributed by atoms with van der Waals surface area (Å²) in [6, 6.07) is 7.59. The van der Waals surface area contributed by atoms with Crippen molar-refractivity contribution in [2.24, 2.45) is 12.8 Å². The van der Waals surface area contributed by atoms with Crippen LogP contribution in [0.15, 0.2) is 36.7 Å². The predicted octanol–water partition coefficient (Wildman–Crippen LogP) is 1.93. The maximum absolute atomic E-state index is 12.3. The van der Waals surface area contributed by atoms with E-state index in [0.717, 1.165) is 16.7 Å². The summed E-state index contributed by atoms with van der Waals surface area (Å²) in [4.78, 5) is 0. The smallest absolute Gasteiger partial charge is 0.105 e. The van der Waals surface area contributed by atoms with Crippen LogP contribution < -0.4 is 5.73 Å². The molecule has 0 fully saturated rings. The standard InChI is InChI=1S/C13H16FN3/c1-17-9-12(8-16-17)11-4-2-10(3-5-11)6-13(15)7-14/h2-5,8-9,13H,6-7,15H2,1H3. The zero-order valence-electron chi connectivity index (χ0n) is 9.81. The summed E-state index contributed by atoms with van der Waals surface area (Å²) < 4.78 is 14.0. The van der Waals surface area contributed by atoms with Crippen LogP contribution in [-0.2, 0) is 13.5 Å². The number of hydrogen-bond donors (Lipinski definition) is 1. The van der Waals surface area contributed by atoms with Crippen LogP contribution in [0.5, 0.6) is 0 Å². The quantitative estimate of drug-likeness (QED) is 0.876. The van der Waals surface area contributed by atoms with Crippen LogP contribution in [0.3, 0.4) is 0 Å². The Hall–Kier alpha value is -1.68. The molecule has 2 N–H and O–H groups in total. The molecule has 0 saturated heterocycles. The summed E-state index contributed by atoms with van der Waals surface area (Å²) in [5.74, 6) is 0. The Morgan fingerprint density at radius 1 is 1.29 bits per heavy atom. The van der Waals surface area contributed by atoms with Crippen molar-refractivity contribution in [3.63, 3.8) is 0 Å². The van der Waals surface area contributed by atoms with Gasteiger partial charge in [0.15, 0.2) is 0 Å². The molecule has 0 aliphatic rings. The van der Waals surface area contributed by atoms with E-state index in [1.807, 2.05) is 43.7 Å². The SMILES string of the molecule is Cn1cc(-c2ccc(CC(N)CF)cc2)cn1. The second-order valence-corrected chi connectivity index (χ2v) is 4.22. The number of benzene rings is 1. The molecule has 1 atom stereocenters. The Morgan fingerprint density at radius 3 is 2.53 bits per heavy atom. The third-order valence-electron chi connectivity index (χ3n) is 2.69. The Labute approximate surface area is 100 Å². The van der Waals surface area contributed by atoms with Crippen molar-refractivity contribution >= 4 is 0 Å². The molecule has 1 heterocycles. The lowest BCUT2D eigenvalue weighted by Gasteiger charge is -2.07. The fourth-order valence-electron chi connectivity index (χ4n) is 1.76. The lowest BCUT2D eigenvalue weighted by molar-refractivity contribution is 0.427. The summed E-state index contributed by atoms with van der Waals surface area (Å²) in [5, 5.41) is 4.12. The highest BCUT2D eigenvalue weighted by Crippen LogP contribution is 2.19. The van der Waals surface area contributed by atoms with E-state index in [1.165, 1.54) is 0 Å². The van der Waals surface area contributed by atoms with Crippen molar-refractivity contribution in [1.82, 2.24) is 9.78 Å². The van der Waals surface area contributed by atoms with E-state index in [-0.39, 0.29) is 0 Å². The van der Waals surface area contributed by atoms with Gasteiger partial charge >= 0.3 is 0 Å². The molecule has 2 rings (SSSR count). The second-order valence-electron chi connectivity index (χ2n) is 4.22. The maximum Gasteiger partial charge on any atom is 0.105 e. The Balaban J connectivity index is 2.13. The molecule has 0 aliphatic carbocycles. The van der Waals surface area contributed by atoms with Crippen molar-refractivity contribution in [1.29, 1.82) is 0 Å². The highest BCUT2D eigenvalue weighted by atomic mass is 19.1. The van der Waals surface area contributed by atoms with Gasteiger partial charge in [0.1, 0.15) is 6.67 Å². The molecule has 0 saturated carbocycles. The zero-order valence-corrected chi connectivity index (χ0v) is 9.81. The molecule has 90 valence electrons. The molecule has 0 bridgehead atoms. The molecule has 1 aromatic carbocycles. The zero-order chi connectivity index (χ0) is 12.3. The Bertz CT molecular complexity index is 476. The molecule has 17 heavy (non-hydrogen) atoms. The molecule has 0 radical (unpaired) electrons. The fourth-order valence-corrected chi connectivity index (χ4v) is 1.76. The highest BCUT2D eigenvalue weighted by molar-refractivity contribution is 5.61. The number of halogens is 1. The molecule has 0 spiro atoms. The first-order valence-electron chi connectivity index (χ1n) is 5.58. The molecular weight excluding hydrogens is 217 g/mol. The van der Waals surface area contributed by atoms with E-state index < -0.39 is 12.7 Å². The van der Waals surface area contributed by atoms with E-state index in [4.69, 9.17) is 5.73 Å². The predicted molar refractivity (Wildman–Crippen MR) is 66.3 cm³/mol. The maximum atomic E-state index is 12.3. The van der Waals surface area contributed by atoms with Crippen LogP contribution in [0.25, 0.3) is 11.1 Å². The molecule has 0 amide bonds. The first kappa shape index (κ1) is 11.8. The first-order chi connectivity index (χ1) is 8.19. The lowest BCUT2D eigenvalue weighted by Crippen LogP contribution is -2.24. The average Bonchev–Trinajstić information content (AvgIpc) is 2.77. The van der Waals surface area contributed by atoms with Gasteiger partial charge in [-0.1, -0.05) is 24.3 Å². The number of nitrogens with zero attached hydrogens (tertiary/aromatic N) is 2. The molecule has 2 aromatic rings. The first-order valence-corrected chi connectivity index (χ1v) is 5.58. The third kappa shape index (κ3) is 2.91. The van der Waals surface area contributed by atoms with Gasteiger partial charge in [-0.25, -0.2) is 4.39 Å².